The SMILES string of the molecule is C[n+]1[c-]n(-c2[c-]cc(F)cc2)c(-c2ccccc2)c1-c1ccccc1.C[n+]1[c-]n(-c2[c-]cc(F)cc2)c(-c2ccccc2)c1-c1ccccc1.[Ir].c1ccc(-c2ccn[n-]2)nc1. The third-order valence-electron chi connectivity index (χ3n) is 9.65. The van der Waals surface area contributed by atoms with Crippen molar-refractivity contribution in [3.8, 4) is 67.8 Å². The summed E-state index contributed by atoms with van der Waals surface area (Å²) in [6.07, 6.45) is 10.0. The number of aromatic nitrogens is 7. The maximum absolute atomic E-state index is 13.3. The molecule has 0 spiro atoms. The van der Waals surface area contributed by atoms with Gasteiger partial charge in [-0.15, -0.1) is 24.3 Å². The fraction of sp³-hybridized carbons (Fsp3) is 0.0385. The molecule has 0 N–H and O–H groups in total. The van der Waals surface area contributed by atoms with E-state index in [-0.39, 0.29) is 31.7 Å². The molecule has 0 atom stereocenters. The fourth-order valence-electron chi connectivity index (χ4n) is 6.91. The molecule has 0 amide bonds. The van der Waals surface area contributed by atoms with Crippen molar-refractivity contribution in [3.63, 3.8) is 0 Å². The maximum atomic E-state index is 13.3. The molecule has 307 valence electrons. The van der Waals surface area contributed by atoms with Gasteiger partial charge in [-0.3, -0.25) is 13.8 Å². The van der Waals surface area contributed by atoms with E-state index in [0.29, 0.717) is 0 Å². The summed E-state index contributed by atoms with van der Waals surface area (Å²) >= 11 is 0. The molecule has 6 aromatic carbocycles. The Balaban J connectivity index is 0.000000149. The zero-order chi connectivity index (χ0) is 42.0. The van der Waals surface area contributed by atoms with Crippen LogP contribution in [0.4, 0.5) is 8.78 Å². The summed E-state index contributed by atoms with van der Waals surface area (Å²) < 4.78 is 34.4. The van der Waals surface area contributed by atoms with E-state index >= 15 is 0 Å². The number of aryl methyl sites for hydroxylation is 2. The topological polar surface area (TPSA) is 57.5 Å². The van der Waals surface area contributed by atoms with E-state index < -0.39 is 0 Å². The Morgan fingerprint density at radius 2 is 0.903 bits per heavy atom. The smallest absolute Gasteiger partial charge is 0.242 e. The van der Waals surface area contributed by atoms with E-state index in [1.54, 1.807) is 24.5 Å². The van der Waals surface area contributed by atoms with Crippen molar-refractivity contribution in [3.05, 3.63) is 231 Å². The molecule has 0 aliphatic heterocycles. The quantitative estimate of drug-likeness (QED) is 0.118. The monoisotopic (exact) mass is 991 g/mol. The van der Waals surface area contributed by atoms with Crippen molar-refractivity contribution >= 4 is 0 Å². The molecule has 1 radical (unpaired) electrons. The molecule has 7 nitrogen and oxygen atoms in total. The summed E-state index contributed by atoms with van der Waals surface area (Å²) in [5.41, 5.74) is 11.6. The van der Waals surface area contributed by atoms with Crippen molar-refractivity contribution in [2.45, 2.75) is 0 Å². The van der Waals surface area contributed by atoms with E-state index in [9.17, 15) is 8.78 Å². The van der Waals surface area contributed by atoms with Crippen LogP contribution < -0.4 is 14.2 Å². The summed E-state index contributed by atoms with van der Waals surface area (Å²) in [5.74, 6) is -0.602. The third kappa shape index (κ3) is 9.79. The first-order valence-corrected chi connectivity index (χ1v) is 19.5. The number of nitrogens with zero attached hydrogens (tertiary/aromatic N) is 7. The van der Waals surface area contributed by atoms with Crippen molar-refractivity contribution in [2.24, 2.45) is 14.1 Å². The first kappa shape index (κ1) is 42.7. The second-order valence-corrected chi connectivity index (χ2v) is 13.8. The third-order valence-corrected chi connectivity index (χ3v) is 9.65. The van der Waals surface area contributed by atoms with Gasteiger partial charge in [0.25, 0.3) is 0 Å². The Morgan fingerprint density at radius 3 is 1.26 bits per heavy atom. The van der Waals surface area contributed by atoms with Crippen LogP contribution in [0.2, 0.25) is 0 Å². The molecule has 0 saturated carbocycles. The zero-order valence-electron chi connectivity index (χ0n) is 33.7. The summed E-state index contributed by atoms with van der Waals surface area (Å²) in [6, 6.07) is 63.2. The van der Waals surface area contributed by atoms with Crippen molar-refractivity contribution in [2.75, 3.05) is 0 Å². The molecule has 0 saturated heterocycles. The summed E-state index contributed by atoms with van der Waals surface area (Å²) in [6.45, 7) is 0. The minimum atomic E-state index is -0.301. The standard InChI is InChI=1S/2C22H16FN2.C8H6N3.Ir/c2*1-24-16-25(20-14-12-19(23)13-15-20)22(18-10-6-3-7-11-18)21(24)17-8-4-2-5-9-17;1-2-5-9-7(3-1)8-4-6-10-11-8;/h2*2-14H,1H3;1-6H;/q3*-1;. The van der Waals surface area contributed by atoms with Crippen LogP contribution in [0.1, 0.15) is 0 Å². The van der Waals surface area contributed by atoms with Gasteiger partial charge in [0.15, 0.2) is 0 Å². The van der Waals surface area contributed by atoms with E-state index in [1.807, 2.05) is 129 Å². The number of hydrogen-bond acceptors (Lipinski definition) is 2. The molecule has 62 heavy (non-hydrogen) atoms. The first-order chi connectivity index (χ1) is 29.9. The van der Waals surface area contributed by atoms with Crippen LogP contribution in [0, 0.1) is 36.4 Å². The van der Waals surface area contributed by atoms with Gasteiger partial charge in [0.1, 0.15) is 0 Å². The van der Waals surface area contributed by atoms with Crippen molar-refractivity contribution < 1.29 is 38.0 Å². The largest absolute Gasteiger partial charge is 0.574 e. The number of imidazole rings is 2. The zero-order valence-corrected chi connectivity index (χ0v) is 36.1. The number of hydrogen-bond donors (Lipinski definition) is 0. The first-order valence-electron chi connectivity index (χ1n) is 19.5. The summed E-state index contributed by atoms with van der Waals surface area (Å²) in [5, 5.41) is 7.58. The van der Waals surface area contributed by atoms with Crippen LogP contribution in [-0.4, -0.2) is 19.2 Å². The molecule has 0 unspecified atom stereocenters. The second-order valence-electron chi connectivity index (χ2n) is 13.8. The molecule has 0 fully saturated rings. The Morgan fingerprint density at radius 1 is 0.484 bits per heavy atom. The Kier molecular flexibility index (Phi) is 14.0. The van der Waals surface area contributed by atoms with Crippen molar-refractivity contribution in [1.29, 1.82) is 0 Å². The average Bonchev–Trinajstić information content (AvgIpc) is 4.07. The van der Waals surface area contributed by atoms with E-state index in [2.05, 4.69) is 88.5 Å². The molecular formula is C52H38F2IrN7-3. The van der Waals surface area contributed by atoms with Gasteiger partial charge in [0, 0.05) is 49.8 Å². The molecule has 10 aromatic rings. The van der Waals surface area contributed by atoms with Gasteiger partial charge in [0.2, 0.25) is 12.7 Å². The van der Waals surface area contributed by atoms with Crippen LogP contribution in [0.25, 0.3) is 67.8 Å². The number of benzene rings is 6. The van der Waals surface area contributed by atoms with Crippen molar-refractivity contribution in [1.82, 2.24) is 24.3 Å². The number of pyridine rings is 1. The van der Waals surface area contributed by atoms with Gasteiger partial charge in [0.05, 0.1) is 36.9 Å². The molecule has 0 aliphatic rings. The molecule has 4 heterocycles. The Labute approximate surface area is 373 Å². The predicted molar refractivity (Wildman–Crippen MR) is 232 cm³/mol. The van der Waals surface area contributed by atoms with Crippen LogP contribution in [0.15, 0.2) is 194 Å². The molecule has 0 bridgehead atoms. The predicted octanol–water partition coefficient (Wildman–Crippen LogP) is 9.85. The van der Waals surface area contributed by atoms with E-state index in [4.69, 9.17) is 0 Å². The van der Waals surface area contributed by atoms with Gasteiger partial charge in [-0.25, -0.2) is 0 Å². The van der Waals surface area contributed by atoms with Gasteiger partial charge in [-0.05, 0) is 34.4 Å². The van der Waals surface area contributed by atoms with Crippen LogP contribution in [0.3, 0.4) is 0 Å². The molecule has 0 aliphatic carbocycles. The molecular weight excluding hydrogens is 953 g/mol. The van der Waals surface area contributed by atoms with Crippen LogP contribution in [-0.2, 0) is 34.2 Å². The second kappa shape index (κ2) is 20.2. The van der Waals surface area contributed by atoms with E-state index in [0.717, 1.165) is 67.8 Å². The number of halogens is 2. The van der Waals surface area contributed by atoms with Crippen LogP contribution >= 0.6 is 0 Å². The van der Waals surface area contributed by atoms with Crippen LogP contribution in [0.5, 0.6) is 0 Å². The van der Waals surface area contributed by atoms with Gasteiger partial charge >= 0.3 is 0 Å². The Bertz CT molecular complexity index is 2740. The maximum Gasteiger partial charge on any atom is 0.242 e. The Hall–Kier alpha value is -7.39. The number of rotatable bonds is 7. The van der Waals surface area contributed by atoms with Gasteiger partial charge in [-0.1, -0.05) is 151 Å². The summed E-state index contributed by atoms with van der Waals surface area (Å²) in [4.78, 5) is 4.12. The fourth-order valence-corrected chi connectivity index (χ4v) is 6.91. The van der Waals surface area contributed by atoms with E-state index in [1.165, 1.54) is 24.3 Å². The molecule has 4 aromatic heterocycles. The van der Waals surface area contributed by atoms with Gasteiger partial charge in [-0.2, -0.15) is 24.3 Å². The minimum Gasteiger partial charge on any atom is -0.574 e. The molecule has 10 rings (SSSR count). The average molecular weight is 991 g/mol. The van der Waals surface area contributed by atoms with Gasteiger partial charge < -0.3 is 28.5 Å². The summed E-state index contributed by atoms with van der Waals surface area (Å²) in [7, 11) is 3.93. The minimum absolute atomic E-state index is 0. The molecule has 10 heteroatoms. The normalized spacial score (nSPS) is 10.5.